The first kappa shape index (κ1) is 13.2. The maximum absolute atomic E-state index is 5.34. The van der Waals surface area contributed by atoms with Gasteiger partial charge in [-0.1, -0.05) is 0 Å². The summed E-state index contributed by atoms with van der Waals surface area (Å²) >= 11 is 0. The number of morpholine rings is 1. The SMILES string of the molecule is COc1cc(C)ccc1[OH+]CCN1CCOCC1. The lowest BCUT2D eigenvalue weighted by atomic mass is 10.2. The van der Waals surface area contributed by atoms with Crippen LogP contribution in [0.15, 0.2) is 18.2 Å². The summed E-state index contributed by atoms with van der Waals surface area (Å²) in [7, 11) is 1.69. The van der Waals surface area contributed by atoms with Crippen molar-refractivity contribution in [3.05, 3.63) is 23.8 Å². The number of aromatic hydroxyl groups is 1. The number of methoxy groups -OCH3 is 1. The number of rotatable bonds is 5. The molecule has 1 aromatic rings. The zero-order valence-corrected chi connectivity index (χ0v) is 11.2. The van der Waals surface area contributed by atoms with E-state index in [-0.39, 0.29) is 0 Å². The standard InChI is InChI=1S/C14H21NO3/c1-12-3-4-13(14(11-12)16-2)18-10-7-15-5-8-17-9-6-15/h3-4,11H,5-10H2,1-2H3/p+1. The minimum atomic E-state index is 0.805. The molecule has 0 aromatic heterocycles. The first-order valence-electron chi connectivity index (χ1n) is 6.42. The van der Waals surface area contributed by atoms with Crippen molar-refractivity contribution >= 4 is 0 Å². The van der Waals surface area contributed by atoms with Gasteiger partial charge in [0.25, 0.3) is 5.75 Å². The van der Waals surface area contributed by atoms with E-state index < -0.39 is 0 Å². The van der Waals surface area contributed by atoms with Crippen LogP contribution in [0.3, 0.4) is 0 Å². The molecule has 1 aliphatic rings. The van der Waals surface area contributed by atoms with Crippen molar-refractivity contribution in [2.75, 3.05) is 46.6 Å². The van der Waals surface area contributed by atoms with Crippen molar-refractivity contribution in [2.45, 2.75) is 6.92 Å². The third kappa shape index (κ3) is 3.62. The molecular weight excluding hydrogens is 230 g/mol. The Balaban J connectivity index is 1.82. The van der Waals surface area contributed by atoms with Crippen LogP contribution in [0.2, 0.25) is 0 Å². The Morgan fingerprint density at radius 1 is 1.33 bits per heavy atom. The van der Waals surface area contributed by atoms with Crippen LogP contribution in [0, 0.1) is 6.92 Å². The zero-order chi connectivity index (χ0) is 12.8. The van der Waals surface area contributed by atoms with E-state index in [1.54, 1.807) is 7.11 Å². The van der Waals surface area contributed by atoms with Crippen LogP contribution in [0.1, 0.15) is 5.56 Å². The highest BCUT2D eigenvalue weighted by atomic mass is 16.5. The quantitative estimate of drug-likeness (QED) is 0.746. The molecule has 1 fully saturated rings. The maximum Gasteiger partial charge on any atom is 0.297 e. The lowest BCUT2D eigenvalue weighted by Crippen LogP contribution is -2.38. The highest BCUT2D eigenvalue weighted by Gasteiger charge is 2.13. The predicted molar refractivity (Wildman–Crippen MR) is 71.5 cm³/mol. The molecule has 1 heterocycles. The Bertz CT molecular complexity index is 375. The van der Waals surface area contributed by atoms with Gasteiger partial charge in [-0.25, -0.2) is 0 Å². The van der Waals surface area contributed by atoms with Crippen LogP contribution < -0.4 is 4.74 Å². The summed E-state index contributed by atoms with van der Waals surface area (Å²) in [6.45, 7) is 7.56. The van der Waals surface area contributed by atoms with Crippen LogP contribution in [-0.2, 0) is 4.74 Å². The fourth-order valence-electron chi connectivity index (χ4n) is 2.05. The smallest absolute Gasteiger partial charge is 0.297 e. The Morgan fingerprint density at radius 2 is 2.11 bits per heavy atom. The Labute approximate surface area is 108 Å². The molecule has 100 valence electrons. The molecule has 4 nitrogen and oxygen atoms in total. The minimum Gasteiger partial charge on any atom is -0.579 e. The molecule has 4 heteroatoms. The zero-order valence-electron chi connectivity index (χ0n) is 11.2. The second kappa shape index (κ2) is 6.61. The number of aryl methyl sites for hydroxylation is 1. The Kier molecular flexibility index (Phi) is 4.84. The number of ether oxygens (including phenoxy) is 3. The van der Waals surface area contributed by atoms with Gasteiger partial charge in [-0.05, 0) is 24.6 Å². The maximum atomic E-state index is 5.34. The Hall–Kier alpha value is -1.26. The molecule has 1 saturated heterocycles. The van der Waals surface area contributed by atoms with Gasteiger partial charge in [-0.3, -0.25) is 4.90 Å². The minimum absolute atomic E-state index is 0.805. The molecule has 18 heavy (non-hydrogen) atoms. The van der Waals surface area contributed by atoms with E-state index >= 15 is 0 Å². The largest absolute Gasteiger partial charge is 0.579 e. The van der Waals surface area contributed by atoms with Crippen LogP contribution in [-0.4, -0.2) is 56.2 Å². The van der Waals surface area contributed by atoms with Gasteiger partial charge in [0.15, 0.2) is 6.61 Å². The molecule has 0 unspecified atom stereocenters. The van der Waals surface area contributed by atoms with E-state index in [2.05, 4.69) is 22.6 Å². The number of benzene rings is 1. The summed E-state index contributed by atoms with van der Waals surface area (Å²) < 4.78 is 15.3. The lowest BCUT2D eigenvalue weighted by Gasteiger charge is -2.25. The van der Waals surface area contributed by atoms with Gasteiger partial charge in [0.2, 0.25) is 5.75 Å². The number of aliphatic hydroxyl groups is 1. The predicted octanol–water partition coefficient (Wildman–Crippen LogP) is 1.58. The lowest BCUT2D eigenvalue weighted by molar-refractivity contribution is 0.000543. The van der Waals surface area contributed by atoms with Crippen LogP contribution >= 0.6 is 0 Å². The molecule has 0 amide bonds. The molecule has 0 bridgehead atoms. The van der Waals surface area contributed by atoms with E-state index in [0.29, 0.717) is 0 Å². The normalized spacial score (nSPS) is 16.6. The third-order valence-electron chi connectivity index (χ3n) is 3.14. The van der Waals surface area contributed by atoms with Crippen LogP contribution in [0.5, 0.6) is 11.5 Å². The van der Waals surface area contributed by atoms with Gasteiger partial charge >= 0.3 is 0 Å². The number of hydrogen-bond acceptors (Lipinski definition) is 3. The van der Waals surface area contributed by atoms with E-state index in [9.17, 15) is 0 Å². The van der Waals surface area contributed by atoms with Gasteiger partial charge in [0.1, 0.15) is 0 Å². The summed E-state index contributed by atoms with van der Waals surface area (Å²) in [5, 5.41) is 0. The van der Waals surface area contributed by atoms with Crippen molar-refractivity contribution < 1.29 is 14.2 Å². The van der Waals surface area contributed by atoms with Gasteiger partial charge in [0.05, 0.1) is 26.9 Å². The second-order valence-corrected chi connectivity index (χ2v) is 4.51. The second-order valence-electron chi connectivity index (χ2n) is 4.51. The highest BCUT2D eigenvalue weighted by Crippen LogP contribution is 2.28. The fraction of sp³-hybridized carbons (Fsp3) is 0.571. The fourth-order valence-corrected chi connectivity index (χ4v) is 2.05. The molecule has 0 atom stereocenters. The van der Waals surface area contributed by atoms with Crippen molar-refractivity contribution in [3.8, 4) is 11.5 Å². The molecule has 1 aromatic carbocycles. The summed E-state index contributed by atoms with van der Waals surface area (Å²) in [4.78, 5) is 2.38. The van der Waals surface area contributed by atoms with Gasteiger partial charge in [-0.15, -0.1) is 0 Å². The topological polar surface area (TPSA) is 34.5 Å². The van der Waals surface area contributed by atoms with E-state index in [4.69, 9.17) is 9.47 Å². The highest BCUT2D eigenvalue weighted by molar-refractivity contribution is 5.41. The monoisotopic (exact) mass is 252 g/mol. The van der Waals surface area contributed by atoms with Crippen LogP contribution in [0.25, 0.3) is 0 Å². The molecule has 2 rings (SSSR count). The number of hydrogen-bond donors (Lipinski definition) is 0. The number of nitrogens with zero attached hydrogens (tertiary/aromatic N) is 1. The Morgan fingerprint density at radius 3 is 2.83 bits per heavy atom. The first-order chi connectivity index (χ1) is 8.79. The molecule has 0 radical (unpaired) electrons. The van der Waals surface area contributed by atoms with Crippen LogP contribution in [0.4, 0.5) is 0 Å². The summed E-state index contributed by atoms with van der Waals surface area (Å²) in [6.07, 6.45) is 0. The summed E-state index contributed by atoms with van der Waals surface area (Å²) in [5.74, 6) is 1.80. The average Bonchev–Trinajstić information content (AvgIpc) is 2.41. The molecular formula is C14H22NO3+. The molecule has 0 aliphatic carbocycles. The van der Waals surface area contributed by atoms with E-state index in [1.807, 2.05) is 12.1 Å². The van der Waals surface area contributed by atoms with Crippen molar-refractivity contribution in [2.24, 2.45) is 0 Å². The van der Waals surface area contributed by atoms with E-state index in [1.165, 1.54) is 5.56 Å². The molecule has 0 saturated carbocycles. The molecule has 1 aliphatic heterocycles. The first-order valence-corrected chi connectivity index (χ1v) is 6.42. The van der Waals surface area contributed by atoms with Crippen molar-refractivity contribution in [3.63, 3.8) is 0 Å². The summed E-state index contributed by atoms with van der Waals surface area (Å²) in [5.41, 5.74) is 1.19. The molecule has 0 spiro atoms. The van der Waals surface area contributed by atoms with Gasteiger partial charge < -0.3 is 14.2 Å². The molecule has 1 N–H and O–H groups in total. The third-order valence-corrected chi connectivity index (χ3v) is 3.14. The van der Waals surface area contributed by atoms with Gasteiger partial charge in [-0.2, -0.15) is 0 Å². The van der Waals surface area contributed by atoms with Gasteiger partial charge in [0, 0.05) is 19.2 Å². The summed E-state index contributed by atoms with van der Waals surface area (Å²) in [6, 6.07) is 6.11. The van der Waals surface area contributed by atoms with Crippen molar-refractivity contribution in [1.82, 2.24) is 4.90 Å². The average molecular weight is 252 g/mol. The van der Waals surface area contributed by atoms with Crippen molar-refractivity contribution in [1.29, 1.82) is 0 Å². The van der Waals surface area contributed by atoms with E-state index in [0.717, 1.165) is 51.0 Å².